The molecule has 6 N–H and O–H groups in total. The van der Waals surface area contributed by atoms with Gasteiger partial charge in [-0.2, -0.15) is 0 Å². The van der Waals surface area contributed by atoms with Crippen LogP contribution < -0.4 is 15.4 Å². The Balaban J connectivity index is 2.32. The number of nitrogens with two attached hydrogens (primary N) is 3. The Hall–Kier alpha value is 0.230. The van der Waals surface area contributed by atoms with E-state index in [9.17, 15) is 0 Å². The van der Waals surface area contributed by atoms with Crippen molar-refractivity contribution in [2.24, 2.45) is 15.4 Å². The second-order valence-electron chi connectivity index (χ2n) is 0.408. The number of hydrogen-bond donors (Lipinski definition) is 3. The van der Waals surface area contributed by atoms with Crippen LogP contribution in [0, 0.1) is 0 Å². The van der Waals surface area contributed by atoms with Gasteiger partial charge in [-0.1, -0.05) is 0 Å². The molecule has 0 unspecified atom stereocenters. The van der Waals surface area contributed by atoms with Gasteiger partial charge in [0.25, 0.3) is 11.5 Å². The molecule has 0 aliphatic heterocycles. The fourth-order valence-corrected chi connectivity index (χ4v) is 0. The van der Waals surface area contributed by atoms with Crippen molar-refractivity contribution in [2.45, 2.75) is 0 Å². The first kappa shape index (κ1) is 4.23. The average molecular weight is 80.1 g/mol. The molecule has 0 aromatic carbocycles. The lowest BCUT2D eigenvalue weighted by Crippen LogP contribution is -2.31. The highest BCUT2D eigenvalue weighted by Gasteiger charge is 1.81. The van der Waals surface area contributed by atoms with Gasteiger partial charge in [0.15, 0.2) is 0 Å². The molecule has 0 rings (SSSR count). The Bertz CT molecular complexity index is 8.00. The van der Waals surface area contributed by atoms with Gasteiger partial charge in [-0.3, -0.25) is 0 Å². The molecule has 4 heavy (non-hydrogen) atoms. The molecule has 0 saturated heterocycles. The highest BCUT2D eigenvalue weighted by molar-refractivity contribution is 7.90. The van der Waals surface area contributed by atoms with E-state index in [4.69, 9.17) is 15.4 Å². The summed E-state index contributed by atoms with van der Waals surface area (Å²) in [6, 6.07) is 0. The number of rotatable bonds is 0. The first-order valence-corrected chi connectivity index (χ1v) is 2.12. The zero-order valence-electron chi connectivity index (χ0n) is 2.14. The Morgan fingerprint density at radius 3 is 1.00 bits per heavy atom. The van der Waals surface area contributed by atoms with Crippen molar-refractivity contribution in [3.05, 3.63) is 0 Å². The summed E-state index contributed by atoms with van der Waals surface area (Å²) in [6.07, 6.45) is 0. The third-order valence-electron chi connectivity index (χ3n) is 0. The molecule has 3 nitrogen and oxygen atoms in total. The lowest BCUT2D eigenvalue weighted by Gasteiger charge is -1.67. The molecule has 4 heteroatoms. The van der Waals surface area contributed by atoms with Crippen molar-refractivity contribution in [3.63, 3.8) is 0 Å². The summed E-state index contributed by atoms with van der Waals surface area (Å²) in [5.74, 6) is 0. The predicted octanol–water partition coefficient (Wildman–Crippen LogP) is -1.77. The van der Waals surface area contributed by atoms with Gasteiger partial charge in [0.1, 0.15) is 0 Å². The molecule has 0 aromatic heterocycles. The van der Waals surface area contributed by atoms with Crippen molar-refractivity contribution in [1.82, 2.24) is 0 Å². The van der Waals surface area contributed by atoms with Crippen LogP contribution in [0.4, 0.5) is 0 Å². The highest BCUT2D eigenvalue weighted by atomic mass is 32.2. The molecule has 0 saturated carbocycles. The van der Waals surface area contributed by atoms with Crippen molar-refractivity contribution >= 4 is 11.5 Å². The van der Waals surface area contributed by atoms with Crippen LogP contribution in [0.15, 0.2) is 0 Å². The van der Waals surface area contributed by atoms with Gasteiger partial charge in [-0.15, -0.1) is 15.4 Å². The van der Waals surface area contributed by atoms with E-state index in [-0.39, 0.29) is 0 Å². The van der Waals surface area contributed by atoms with Gasteiger partial charge in [0.2, 0.25) is 0 Å². The topological polar surface area (TPSA) is 78.1 Å². The largest absolute Gasteiger partial charge is 0.251 e. The second-order valence-corrected chi connectivity index (χ2v) is 1.22. The van der Waals surface area contributed by atoms with Gasteiger partial charge in [0.05, 0.1) is 0 Å². The van der Waals surface area contributed by atoms with E-state index in [0.717, 1.165) is 0 Å². The Morgan fingerprint density at radius 2 is 1.00 bits per heavy atom. The van der Waals surface area contributed by atoms with Crippen LogP contribution in [0.5, 0.6) is 0 Å². The maximum atomic E-state index is 4.69. The smallest absolute Gasteiger partial charge is 0.114 e. The molecule has 0 heterocycles. The van der Waals surface area contributed by atoms with Crippen LogP contribution in [0.3, 0.4) is 0 Å². The standard InChI is InChI=1S/H6N3S/c1-4(2)3/h1-3H2/q+1. The first-order valence-electron chi connectivity index (χ1n) is 0.707. The summed E-state index contributed by atoms with van der Waals surface area (Å²) in [6.45, 7) is 0. The quantitative estimate of drug-likeness (QED) is 0.301. The molecule has 0 radical (unpaired) electrons. The van der Waals surface area contributed by atoms with Gasteiger partial charge >= 0.3 is 0 Å². The SMILES string of the molecule is N[S+](N)N. The van der Waals surface area contributed by atoms with E-state index in [2.05, 4.69) is 0 Å². The van der Waals surface area contributed by atoms with Crippen molar-refractivity contribution < 1.29 is 0 Å². The molecule has 0 bridgehead atoms. The van der Waals surface area contributed by atoms with E-state index in [0.29, 0.717) is 0 Å². The molecule has 0 aromatic rings. The van der Waals surface area contributed by atoms with Crippen molar-refractivity contribution in [3.8, 4) is 0 Å². The van der Waals surface area contributed by atoms with Crippen LogP contribution in [0.25, 0.3) is 0 Å². The number of hydrogen-bond acceptors (Lipinski definition) is 3. The van der Waals surface area contributed by atoms with E-state index < -0.39 is 11.5 Å². The lowest BCUT2D eigenvalue weighted by molar-refractivity contribution is 1.73. The van der Waals surface area contributed by atoms with Crippen LogP contribution in [0.1, 0.15) is 0 Å². The van der Waals surface area contributed by atoms with E-state index in [1.54, 1.807) is 0 Å². The first-order chi connectivity index (χ1) is 1.73. The van der Waals surface area contributed by atoms with Gasteiger partial charge in [0, 0.05) is 0 Å². The van der Waals surface area contributed by atoms with E-state index >= 15 is 0 Å². The van der Waals surface area contributed by atoms with Crippen LogP contribution in [-0.2, 0) is 11.5 Å². The maximum Gasteiger partial charge on any atom is 0.251 e. The van der Waals surface area contributed by atoms with E-state index in [1.165, 1.54) is 0 Å². The van der Waals surface area contributed by atoms with Crippen molar-refractivity contribution in [2.75, 3.05) is 0 Å². The van der Waals surface area contributed by atoms with Crippen LogP contribution >= 0.6 is 0 Å². The monoisotopic (exact) mass is 80.0 g/mol. The van der Waals surface area contributed by atoms with E-state index in [1.807, 2.05) is 0 Å². The molecular formula is H6N3S+. The summed E-state index contributed by atoms with van der Waals surface area (Å²) in [5.41, 5.74) is 0. The van der Waals surface area contributed by atoms with Crippen molar-refractivity contribution in [1.29, 1.82) is 0 Å². The predicted molar refractivity (Wildman–Crippen MR) is 19.9 cm³/mol. The van der Waals surface area contributed by atoms with Gasteiger partial charge in [-0.05, 0) is 0 Å². The average Bonchev–Trinajstić information content (AvgIpc) is 0.811. The zero-order chi connectivity index (χ0) is 3.58. The summed E-state index contributed by atoms with van der Waals surface area (Å²) in [5, 5.41) is 14.1. The summed E-state index contributed by atoms with van der Waals surface area (Å²) in [7, 11) is 0. The second kappa shape index (κ2) is 1.54. The van der Waals surface area contributed by atoms with Crippen LogP contribution in [0.2, 0.25) is 0 Å². The molecule has 0 amide bonds. The molecular weight excluding hydrogens is 74.1 g/mol. The third-order valence-corrected chi connectivity index (χ3v) is 0. The van der Waals surface area contributed by atoms with Crippen LogP contribution in [-0.4, -0.2) is 0 Å². The molecule has 26 valence electrons. The highest BCUT2D eigenvalue weighted by Crippen LogP contribution is 1.30. The molecule has 0 aliphatic rings. The minimum Gasteiger partial charge on any atom is -0.114 e. The minimum atomic E-state index is -0.861. The normalized spacial score (nSPS) is 9.00. The Morgan fingerprint density at radius 1 is 1.00 bits per heavy atom. The zero-order valence-corrected chi connectivity index (χ0v) is 2.96. The van der Waals surface area contributed by atoms with Gasteiger partial charge in [-0.25, -0.2) is 0 Å². The Labute approximate surface area is 27.9 Å². The fourth-order valence-electron chi connectivity index (χ4n) is 0. The summed E-state index contributed by atoms with van der Waals surface area (Å²) < 4.78 is 0. The minimum absolute atomic E-state index is 0.861. The molecule has 0 aliphatic carbocycles. The molecule has 0 spiro atoms. The fraction of sp³-hybridized carbons (Fsp3) is 0. The molecule has 0 atom stereocenters. The van der Waals surface area contributed by atoms with Gasteiger partial charge < -0.3 is 0 Å². The summed E-state index contributed by atoms with van der Waals surface area (Å²) >= 11 is -0.861. The maximum absolute atomic E-state index is 4.69. The third kappa shape index (κ3) is 63.8. The lowest BCUT2D eigenvalue weighted by atomic mass is 13.8. The molecule has 0 fully saturated rings. The summed E-state index contributed by atoms with van der Waals surface area (Å²) in [4.78, 5) is 0. The Kier molecular flexibility index (Phi) is 1.63.